The van der Waals surface area contributed by atoms with Crippen molar-refractivity contribution in [1.82, 2.24) is 5.32 Å². The van der Waals surface area contributed by atoms with E-state index in [4.69, 9.17) is 26.2 Å². The zero-order valence-corrected chi connectivity index (χ0v) is 17.2. The van der Waals surface area contributed by atoms with E-state index in [9.17, 15) is 18.0 Å². The smallest absolute Gasteiger partial charge is 0.347 e. The summed E-state index contributed by atoms with van der Waals surface area (Å²) >= 11 is 5.85. The molecule has 0 bridgehead atoms. The second kappa shape index (κ2) is 10.2. The molecule has 0 fully saturated rings. The Kier molecular flexibility index (Phi) is 8.00. The third kappa shape index (κ3) is 7.72. The van der Waals surface area contributed by atoms with Gasteiger partial charge >= 0.3 is 5.97 Å². The summed E-state index contributed by atoms with van der Waals surface area (Å²) in [7, 11) is -3.73. The quantitative estimate of drug-likeness (QED) is 0.571. The number of carbonyl (C=O) groups is 2. The number of nitrogens with one attached hydrogen (secondary N) is 1. The van der Waals surface area contributed by atoms with Gasteiger partial charge in [0.2, 0.25) is 10.0 Å². The molecule has 0 spiro atoms. The van der Waals surface area contributed by atoms with Gasteiger partial charge in [-0.15, -0.1) is 0 Å². The molecule has 2 rings (SSSR count). The van der Waals surface area contributed by atoms with Crippen LogP contribution in [0.25, 0.3) is 0 Å². The van der Waals surface area contributed by atoms with Crippen LogP contribution in [0.4, 0.5) is 0 Å². The van der Waals surface area contributed by atoms with E-state index < -0.39 is 34.6 Å². The van der Waals surface area contributed by atoms with Gasteiger partial charge in [-0.25, -0.2) is 18.4 Å². The number of nitrogens with two attached hydrogens (primary N) is 1. The molecule has 0 heterocycles. The standard InChI is InChI=1S/C19H21ClN2O6S/c1-13(28-16-4-2-3-15(20)11-16)19(24)27-12-18(23)22-10-9-14-5-7-17(8-6-14)29(21,25)26/h2-8,11,13H,9-10,12H2,1H3,(H,22,23)(H2,21,25,26). The van der Waals surface area contributed by atoms with Gasteiger partial charge in [-0.05, 0) is 49.2 Å². The summed E-state index contributed by atoms with van der Waals surface area (Å²) in [6.07, 6.45) is -0.433. The molecule has 156 valence electrons. The van der Waals surface area contributed by atoms with Crippen LogP contribution in [0, 0.1) is 0 Å². The van der Waals surface area contributed by atoms with Crippen LogP contribution in [0.5, 0.6) is 5.75 Å². The third-order valence-electron chi connectivity index (χ3n) is 3.77. The van der Waals surface area contributed by atoms with Crippen molar-refractivity contribution in [1.29, 1.82) is 0 Å². The minimum atomic E-state index is -3.73. The first-order chi connectivity index (χ1) is 13.6. The molecule has 2 aromatic carbocycles. The lowest BCUT2D eigenvalue weighted by Gasteiger charge is -2.14. The molecule has 1 amide bonds. The number of benzene rings is 2. The molecular weight excluding hydrogens is 420 g/mol. The second-order valence-electron chi connectivity index (χ2n) is 6.11. The number of rotatable bonds is 9. The van der Waals surface area contributed by atoms with E-state index in [1.807, 2.05) is 0 Å². The van der Waals surface area contributed by atoms with Gasteiger partial charge < -0.3 is 14.8 Å². The van der Waals surface area contributed by atoms with E-state index >= 15 is 0 Å². The fourth-order valence-corrected chi connectivity index (χ4v) is 2.99. The Morgan fingerprint density at radius 1 is 1.17 bits per heavy atom. The van der Waals surface area contributed by atoms with Gasteiger partial charge in [0.15, 0.2) is 12.7 Å². The van der Waals surface area contributed by atoms with Crippen molar-refractivity contribution >= 4 is 33.5 Å². The Balaban J connectivity index is 1.70. The Hall–Kier alpha value is -2.62. The third-order valence-corrected chi connectivity index (χ3v) is 4.94. The molecule has 29 heavy (non-hydrogen) atoms. The Morgan fingerprint density at radius 3 is 2.48 bits per heavy atom. The Bertz CT molecular complexity index is 963. The molecule has 0 radical (unpaired) electrons. The minimum Gasteiger partial charge on any atom is -0.479 e. The number of amides is 1. The zero-order chi connectivity index (χ0) is 21.4. The molecule has 0 aliphatic heterocycles. The first-order valence-corrected chi connectivity index (χ1v) is 10.5. The molecule has 3 N–H and O–H groups in total. The number of ether oxygens (including phenoxy) is 2. The molecule has 2 aromatic rings. The normalized spacial score (nSPS) is 12.1. The van der Waals surface area contributed by atoms with E-state index in [1.165, 1.54) is 19.1 Å². The summed E-state index contributed by atoms with van der Waals surface area (Å²) in [6, 6.07) is 12.6. The summed E-state index contributed by atoms with van der Waals surface area (Å²) < 4.78 is 32.8. The number of hydrogen-bond donors (Lipinski definition) is 2. The Labute approximate surface area is 174 Å². The lowest BCUT2D eigenvalue weighted by atomic mass is 10.1. The highest BCUT2D eigenvalue weighted by Gasteiger charge is 2.18. The van der Waals surface area contributed by atoms with Crippen molar-refractivity contribution in [3.8, 4) is 5.75 Å². The number of sulfonamides is 1. The minimum absolute atomic E-state index is 0.0197. The summed E-state index contributed by atoms with van der Waals surface area (Å²) in [5, 5.41) is 8.12. The number of halogens is 1. The van der Waals surface area contributed by atoms with Crippen LogP contribution >= 0.6 is 11.6 Å². The average Bonchev–Trinajstić information content (AvgIpc) is 2.65. The largest absolute Gasteiger partial charge is 0.479 e. The first kappa shape index (κ1) is 22.7. The highest BCUT2D eigenvalue weighted by Crippen LogP contribution is 2.18. The molecule has 0 aliphatic carbocycles. The summed E-state index contributed by atoms with van der Waals surface area (Å²) in [5.41, 5.74) is 0.818. The lowest BCUT2D eigenvalue weighted by Crippen LogP contribution is -2.33. The van der Waals surface area contributed by atoms with Gasteiger partial charge in [-0.1, -0.05) is 29.8 Å². The SMILES string of the molecule is CC(Oc1cccc(Cl)c1)C(=O)OCC(=O)NCCc1ccc(S(N)(=O)=O)cc1. The molecule has 0 saturated heterocycles. The summed E-state index contributed by atoms with van der Waals surface area (Å²) in [5.74, 6) is -0.729. The highest BCUT2D eigenvalue weighted by molar-refractivity contribution is 7.89. The predicted octanol–water partition coefficient (Wildman–Crippen LogP) is 1.66. The van der Waals surface area contributed by atoms with Crippen LogP contribution in [0.3, 0.4) is 0 Å². The van der Waals surface area contributed by atoms with Crippen LogP contribution in [0.2, 0.25) is 5.02 Å². The molecule has 0 aliphatic rings. The van der Waals surface area contributed by atoms with Crippen molar-refractivity contribution < 1.29 is 27.5 Å². The number of hydrogen-bond acceptors (Lipinski definition) is 6. The summed E-state index contributed by atoms with van der Waals surface area (Å²) in [4.78, 5) is 23.8. The zero-order valence-electron chi connectivity index (χ0n) is 15.6. The average molecular weight is 441 g/mol. The maximum Gasteiger partial charge on any atom is 0.347 e. The number of esters is 1. The van der Waals surface area contributed by atoms with Gasteiger partial charge in [0.05, 0.1) is 4.90 Å². The topological polar surface area (TPSA) is 125 Å². The van der Waals surface area contributed by atoms with Gasteiger partial charge in [0.1, 0.15) is 5.75 Å². The fourth-order valence-electron chi connectivity index (χ4n) is 2.29. The first-order valence-electron chi connectivity index (χ1n) is 8.62. The van der Waals surface area contributed by atoms with Crippen molar-refractivity contribution in [2.75, 3.05) is 13.2 Å². The van der Waals surface area contributed by atoms with Crippen LogP contribution < -0.4 is 15.2 Å². The molecular formula is C19H21ClN2O6S. The second-order valence-corrected chi connectivity index (χ2v) is 8.11. The van der Waals surface area contributed by atoms with Crippen molar-refractivity contribution in [3.63, 3.8) is 0 Å². The molecule has 0 aromatic heterocycles. The van der Waals surface area contributed by atoms with Gasteiger partial charge in [0.25, 0.3) is 5.91 Å². The van der Waals surface area contributed by atoms with Crippen LogP contribution in [0.1, 0.15) is 12.5 Å². The summed E-state index contributed by atoms with van der Waals surface area (Å²) in [6.45, 7) is 1.36. The maximum atomic E-state index is 11.9. The van der Waals surface area contributed by atoms with Crippen molar-refractivity contribution in [3.05, 3.63) is 59.1 Å². The molecule has 0 saturated carbocycles. The van der Waals surface area contributed by atoms with Gasteiger partial charge in [-0.2, -0.15) is 0 Å². The predicted molar refractivity (Wildman–Crippen MR) is 107 cm³/mol. The van der Waals surface area contributed by atoms with Crippen LogP contribution in [-0.2, 0) is 30.8 Å². The van der Waals surface area contributed by atoms with E-state index in [1.54, 1.807) is 36.4 Å². The lowest BCUT2D eigenvalue weighted by molar-refractivity contribution is -0.154. The highest BCUT2D eigenvalue weighted by atomic mass is 35.5. The fraction of sp³-hybridized carbons (Fsp3) is 0.263. The number of primary sulfonamides is 1. The monoisotopic (exact) mass is 440 g/mol. The van der Waals surface area contributed by atoms with Crippen LogP contribution in [-0.4, -0.2) is 39.5 Å². The van der Waals surface area contributed by atoms with Crippen LogP contribution in [0.15, 0.2) is 53.4 Å². The van der Waals surface area contributed by atoms with Gasteiger partial charge in [-0.3, -0.25) is 4.79 Å². The van der Waals surface area contributed by atoms with Gasteiger partial charge in [0, 0.05) is 11.6 Å². The molecule has 10 heteroatoms. The Morgan fingerprint density at radius 2 is 1.86 bits per heavy atom. The maximum absolute atomic E-state index is 11.9. The number of carbonyl (C=O) groups excluding carboxylic acids is 2. The van der Waals surface area contributed by atoms with E-state index in [2.05, 4.69) is 5.32 Å². The van der Waals surface area contributed by atoms with E-state index in [0.29, 0.717) is 23.7 Å². The van der Waals surface area contributed by atoms with E-state index in [-0.39, 0.29) is 4.90 Å². The molecule has 1 unspecified atom stereocenters. The van der Waals surface area contributed by atoms with Crippen molar-refractivity contribution in [2.45, 2.75) is 24.3 Å². The van der Waals surface area contributed by atoms with Crippen molar-refractivity contribution in [2.24, 2.45) is 5.14 Å². The molecule has 8 nitrogen and oxygen atoms in total. The molecule has 1 atom stereocenters. The van der Waals surface area contributed by atoms with E-state index in [0.717, 1.165) is 5.56 Å².